The Morgan fingerprint density at radius 3 is 2.71 bits per heavy atom. The van der Waals surface area contributed by atoms with Gasteiger partial charge in [0.15, 0.2) is 0 Å². The van der Waals surface area contributed by atoms with Crippen molar-refractivity contribution < 1.29 is 4.74 Å². The Labute approximate surface area is 101 Å². The lowest BCUT2D eigenvalue weighted by molar-refractivity contribution is 0.392. The average Bonchev–Trinajstić information content (AvgIpc) is 3.10. The number of hydrogen-bond acceptors (Lipinski definition) is 2. The van der Waals surface area contributed by atoms with E-state index in [9.17, 15) is 0 Å². The molecule has 0 amide bonds. The molecule has 0 aliphatic heterocycles. The van der Waals surface area contributed by atoms with Crippen LogP contribution in [0.4, 0.5) is 0 Å². The molecule has 1 heterocycles. The van der Waals surface area contributed by atoms with Gasteiger partial charge in [0.1, 0.15) is 0 Å². The zero-order valence-corrected chi connectivity index (χ0v) is 10.6. The Kier molecular flexibility index (Phi) is 2.35. The van der Waals surface area contributed by atoms with Gasteiger partial charge in [0.2, 0.25) is 5.88 Å². The van der Waals surface area contributed by atoms with Crippen molar-refractivity contribution in [1.29, 1.82) is 0 Å². The first-order chi connectivity index (χ1) is 8.20. The maximum atomic E-state index is 5.35. The van der Waals surface area contributed by atoms with Gasteiger partial charge >= 0.3 is 0 Å². The third kappa shape index (κ3) is 1.70. The van der Waals surface area contributed by atoms with Gasteiger partial charge in [0.05, 0.1) is 24.1 Å². The summed E-state index contributed by atoms with van der Waals surface area (Å²) in [4.78, 5) is 0. The SMILES string of the molecule is COc1nn(C2CC2)c2cc(C(C)C)ccc12. The molecule has 0 atom stereocenters. The highest BCUT2D eigenvalue weighted by molar-refractivity contribution is 5.85. The lowest BCUT2D eigenvalue weighted by atomic mass is 10.0. The van der Waals surface area contributed by atoms with Gasteiger partial charge in [-0.05, 0) is 36.5 Å². The van der Waals surface area contributed by atoms with E-state index in [0.717, 1.165) is 11.3 Å². The molecule has 0 bridgehead atoms. The van der Waals surface area contributed by atoms with Crippen molar-refractivity contribution in [2.45, 2.75) is 38.6 Å². The first kappa shape index (κ1) is 10.6. The fourth-order valence-corrected chi connectivity index (χ4v) is 2.23. The second kappa shape index (κ2) is 3.76. The largest absolute Gasteiger partial charge is 0.479 e. The minimum Gasteiger partial charge on any atom is -0.479 e. The van der Waals surface area contributed by atoms with Crippen LogP contribution >= 0.6 is 0 Å². The Morgan fingerprint density at radius 2 is 2.12 bits per heavy atom. The predicted molar refractivity (Wildman–Crippen MR) is 68.6 cm³/mol. The van der Waals surface area contributed by atoms with Gasteiger partial charge in [0, 0.05) is 0 Å². The number of nitrogens with zero attached hydrogens (tertiary/aromatic N) is 2. The third-order valence-electron chi connectivity index (χ3n) is 3.45. The van der Waals surface area contributed by atoms with Crippen molar-refractivity contribution in [3.05, 3.63) is 23.8 Å². The van der Waals surface area contributed by atoms with Gasteiger partial charge in [-0.3, -0.25) is 4.68 Å². The summed E-state index contributed by atoms with van der Waals surface area (Å²) < 4.78 is 7.49. The molecule has 2 aromatic rings. The first-order valence-corrected chi connectivity index (χ1v) is 6.27. The Balaban J connectivity index is 2.21. The van der Waals surface area contributed by atoms with Crippen LogP contribution in [0.15, 0.2) is 18.2 Å². The van der Waals surface area contributed by atoms with Gasteiger partial charge < -0.3 is 4.74 Å². The molecule has 0 N–H and O–H groups in total. The van der Waals surface area contributed by atoms with E-state index in [4.69, 9.17) is 4.74 Å². The topological polar surface area (TPSA) is 27.1 Å². The fraction of sp³-hybridized carbons (Fsp3) is 0.500. The molecule has 0 spiro atoms. The van der Waals surface area contributed by atoms with Crippen LogP contribution in [0.25, 0.3) is 10.9 Å². The van der Waals surface area contributed by atoms with Crippen LogP contribution in [0.5, 0.6) is 5.88 Å². The molecule has 0 saturated heterocycles. The minimum atomic E-state index is 0.549. The molecule has 3 rings (SSSR count). The van der Waals surface area contributed by atoms with E-state index in [-0.39, 0.29) is 0 Å². The van der Waals surface area contributed by atoms with Crippen molar-refractivity contribution in [3.63, 3.8) is 0 Å². The molecular formula is C14H18N2O. The Bertz CT molecular complexity index is 553. The number of rotatable bonds is 3. The van der Waals surface area contributed by atoms with E-state index >= 15 is 0 Å². The fourth-order valence-electron chi connectivity index (χ4n) is 2.23. The zero-order valence-electron chi connectivity index (χ0n) is 10.6. The molecule has 17 heavy (non-hydrogen) atoms. The van der Waals surface area contributed by atoms with Crippen LogP contribution in [0.3, 0.4) is 0 Å². The summed E-state index contributed by atoms with van der Waals surface area (Å²) in [5.41, 5.74) is 2.58. The van der Waals surface area contributed by atoms with E-state index in [1.165, 1.54) is 23.9 Å². The number of benzene rings is 1. The number of methoxy groups -OCH3 is 1. The molecule has 0 radical (unpaired) electrons. The Morgan fingerprint density at radius 1 is 1.35 bits per heavy atom. The average molecular weight is 230 g/mol. The second-order valence-electron chi connectivity index (χ2n) is 5.12. The van der Waals surface area contributed by atoms with Crippen molar-refractivity contribution >= 4 is 10.9 Å². The van der Waals surface area contributed by atoms with Gasteiger partial charge in [-0.2, -0.15) is 0 Å². The van der Waals surface area contributed by atoms with Crippen molar-refractivity contribution in [2.75, 3.05) is 7.11 Å². The molecule has 90 valence electrons. The minimum absolute atomic E-state index is 0.549. The quantitative estimate of drug-likeness (QED) is 0.806. The molecule has 1 fully saturated rings. The van der Waals surface area contributed by atoms with E-state index in [2.05, 4.69) is 41.8 Å². The normalized spacial score (nSPS) is 15.8. The number of fused-ring (bicyclic) bond motifs is 1. The number of hydrogen-bond donors (Lipinski definition) is 0. The molecule has 1 aromatic carbocycles. The highest BCUT2D eigenvalue weighted by Crippen LogP contribution is 2.39. The zero-order chi connectivity index (χ0) is 12.0. The second-order valence-corrected chi connectivity index (χ2v) is 5.12. The van der Waals surface area contributed by atoms with Crippen LogP contribution in [0.1, 0.15) is 44.2 Å². The highest BCUT2D eigenvalue weighted by atomic mass is 16.5. The molecule has 3 nitrogen and oxygen atoms in total. The van der Waals surface area contributed by atoms with E-state index in [0.29, 0.717) is 12.0 Å². The maximum Gasteiger partial charge on any atom is 0.240 e. The maximum absolute atomic E-state index is 5.35. The van der Waals surface area contributed by atoms with Crippen LogP contribution in [-0.4, -0.2) is 16.9 Å². The monoisotopic (exact) mass is 230 g/mol. The first-order valence-electron chi connectivity index (χ1n) is 6.27. The van der Waals surface area contributed by atoms with E-state index in [1.54, 1.807) is 7.11 Å². The summed E-state index contributed by atoms with van der Waals surface area (Å²) in [5, 5.41) is 5.69. The summed E-state index contributed by atoms with van der Waals surface area (Å²) >= 11 is 0. The predicted octanol–water partition coefficient (Wildman–Crippen LogP) is 3.50. The molecule has 1 aromatic heterocycles. The van der Waals surface area contributed by atoms with Crippen LogP contribution < -0.4 is 4.74 Å². The summed E-state index contributed by atoms with van der Waals surface area (Å²) in [6.07, 6.45) is 2.48. The summed E-state index contributed by atoms with van der Waals surface area (Å²) in [6, 6.07) is 7.15. The molecular weight excluding hydrogens is 212 g/mol. The van der Waals surface area contributed by atoms with Crippen molar-refractivity contribution in [2.24, 2.45) is 0 Å². The van der Waals surface area contributed by atoms with E-state index in [1.807, 2.05) is 0 Å². The van der Waals surface area contributed by atoms with Crippen LogP contribution in [0.2, 0.25) is 0 Å². The standard InChI is InChI=1S/C14H18N2O/c1-9(2)10-4-7-12-13(8-10)16(11-5-6-11)15-14(12)17-3/h4,7-9,11H,5-6H2,1-3H3. The third-order valence-corrected chi connectivity index (χ3v) is 3.45. The molecule has 1 aliphatic rings. The number of ether oxygens (including phenoxy) is 1. The van der Waals surface area contributed by atoms with Crippen molar-refractivity contribution in [3.8, 4) is 5.88 Å². The van der Waals surface area contributed by atoms with Crippen LogP contribution in [0, 0.1) is 0 Å². The van der Waals surface area contributed by atoms with Gasteiger partial charge in [-0.25, -0.2) is 0 Å². The van der Waals surface area contributed by atoms with Gasteiger partial charge in [-0.1, -0.05) is 19.9 Å². The summed E-state index contributed by atoms with van der Waals surface area (Å²) in [7, 11) is 1.69. The summed E-state index contributed by atoms with van der Waals surface area (Å²) in [6.45, 7) is 4.44. The van der Waals surface area contributed by atoms with Gasteiger partial charge in [0.25, 0.3) is 0 Å². The van der Waals surface area contributed by atoms with Crippen molar-refractivity contribution in [1.82, 2.24) is 9.78 Å². The molecule has 3 heteroatoms. The smallest absolute Gasteiger partial charge is 0.240 e. The lowest BCUT2D eigenvalue weighted by Gasteiger charge is -2.06. The molecule has 1 aliphatic carbocycles. The Hall–Kier alpha value is -1.51. The van der Waals surface area contributed by atoms with Gasteiger partial charge in [-0.15, -0.1) is 5.10 Å². The number of aromatic nitrogens is 2. The molecule has 1 saturated carbocycles. The van der Waals surface area contributed by atoms with E-state index < -0.39 is 0 Å². The molecule has 0 unspecified atom stereocenters. The van der Waals surface area contributed by atoms with Crippen LogP contribution in [-0.2, 0) is 0 Å². The highest BCUT2D eigenvalue weighted by Gasteiger charge is 2.27. The summed E-state index contributed by atoms with van der Waals surface area (Å²) in [5.74, 6) is 1.30. The lowest BCUT2D eigenvalue weighted by Crippen LogP contribution is -1.97.